The molecule has 0 spiro atoms. The first-order chi connectivity index (χ1) is 7.25. The van der Waals surface area contributed by atoms with Crippen molar-refractivity contribution in [2.75, 3.05) is 0 Å². The van der Waals surface area contributed by atoms with Crippen LogP contribution in [-0.2, 0) is 6.54 Å². The van der Waals surface area contributed by atoms with Crippen molar-refractivity contribution in [1.29, 1.82) is 0 Å². The lowest BCUT2D eigenvalue weighted by Gasteiger charge is -1.99. The zero-order valence-electron chi connectivity index (χ0n) is 8.32. The predicted octanol–water partition coefficient (Wildman–Crippen LogP) is 2.58. The summed E-state index contributed by atoms with van der Waals surface area (Å²) in [4.78, 5) is 12.7. The van der Waals surface area contributed by atoms with Crippen LogP contribution in [0, 0.1) is 6.92 Å². The molecule has 0 unspecified atom stereocenters. The van der Waals surface area contributed by atoms with Gasteiger partial charge in [-0.05, 0) is 30.5 Å². The molecular formula is C11H11NO2S. The molecule has 0 bridgehead atoms. The number of thiophene rings is 1. The summed E-state index contributed by atoms with van der Waals surface area (Å²) in [6, 6.07) is 7.40. The molecule has 0 fully saturated rings. The van der Waals surface area contributed by atoms with Crippen LogP contribution in [0.15, 0.2) is 34.1 Å². The average Bonchev–Trinajstić information content (AvgIpc) is 2.84. The number of aryl methyl sites for hydroxylation is 1. The third-order valence-corrected chi connectivity index (χ3v) is 2.84. The highest BCUT2D eigenvalue weighted by Crippen LogP contribution is 2.09. The molecule has 0 atom stereocenters. The molecule has 0 aliphatic rings. The Bertz CT molecular complexity index is 445. The van der Waals surface area contributed by atoms with Crippen LogP contribution in [0.2, 0.25) is 0 Å². The largest absolute Gasteiger partial charge is 0.456 e. The van der Waals surface area contributed by atoms with Gasteiger partial charge < -0.3 is 9.73 Å². The monoisotopic (exact) mass is 221 g/mol. The van der Waals surface area contributed by atoms with Crippen molar-refractivity contribution >= 4 is 17.2 Å². The number of rotatable bonds is 3. The minimum absolute atomic E-state index is 0.170. The van der Waals surface area contributed by atoms with Crippen LogP contribution < -0.4 is 5.32 Å². The molecule has 0 aliphatic carbocycles. The summed E-state index contributed by atoms with van der Waals surface area (Å²) in [6.07, 6.45) is 0. The first-order valence-electron chi connectivity index (χ1n) is 4.63. The summed E-state index contributed by atoms with van der Waals surface area (Å²) in [5.74, 6) is 0.942. The summed E-state index contributed by atoms with van der Waals surface area (Å²) >= 11 is 1.62. The molecule has 2 rings (SSSR count). The number of furan rings is 1. The number of nitrogens with one attached hydrogen (secondary N) is 1. The van der Waals surface area contributed by atoms with Gasteiger partial charge in [0.05, 0.1) is 6.54 Å². The quantitative estimate of drug-likeness (QED) is 0.865. The molecule has 1 amide bonds. The first-order valence-corrected chi connectivity index (χ1v) is 5.50. The zero-order chi connectivity index (χ0) is 10.7. The molecule has 4 heteroatoms. The van der Waals surface area contributed by atoms with Crippen LogP contribution in [0.5, 0.6) is 0 Å². The second-order valence-corrected chi connectivity index (χ2v) is 4.20. The van der Waals surface area contributed by atoms with E-state index >= 15 is 0 Å². The van der Waals surface area contributed by atoms with Gasteiger partial charge in [-0.1, -0.05) is 6.07 Å². The van der Waals surface area contributed by atoms with E-state index in [4.69, 9.17) is 4.42 Å². The molecule has 0 radical (unpaired) electrons. The molecule has 0 aliphatic heterocycles. The molecule has 3 nitrogen and oxygen atoms in total. The first kappa shape index (κ1) is 9.98. The van der Waals surface area contributed by atoms with Crippen molar-refractivity contribution in [3.8, 4) is 0 Å². The Labute approximate surface area is 91.7 Å². The molecule has 2 aromatic rings. The molecule has 0 aromatic carbocycles. The topological polar surface area (TPSA) is 42.2 Å². The summed E-state index contributed by atoms with van der Waals surface area (Å²) < 4.78 is 5.21. The van der Waals surface area contributed by atoms with Crippen molar-refractivity contribution < 1.29 is 9.21 Å². The Hall–Kier alpha value is -1.55. The van der Waals surface area contributed by atoms with Gasteiger partial charge >= 0.3 is 0 Å². The fourth-order valence-corrected chi connectivity index (χ4v) is 1.87. The van der Waals surface area contributed by atoms with Crippen LogP contribution in [0.3, 0.4) is 0 Å². The van der Waals surface area contributed by atoms with Gasteiger partial charge in [-0.15, -0.1) is 11.3 Å². The lowest BCUT2D eigenvalue weighted by Crippen LogP contribution is -2.21. The number of hydrogen-bond donors (Lipinski definition) is 1. The average molecular weight is 221 g/mol. The molecule has 2 heterocycles. The molecule has 15 heavy (non-hydrogen) atoms. The van der Waals surface area contributed by atoms with Crippen molar-refractivity contribution in [1.82, 2.24) is 5.32 Å². The van der Waals surface area contributed by atoms with E-state index < -0.39 is 0 Å². The van der Waals surface area contributed by atoms with E-state index in [0.29, 0.717) is 12.3 Å². The van der Waals surface area contributed by atoms with Gasteiger partial charge in [-0.2, -0.15) is 0 Å². The number of hydrogen-bond acceptors (Lipinski definition) is 3. The van der Waals surface area contributed by atoms with E-state index in [1.807, 2.05) is 24.4 Å². The highest BCUT2D eigenvalue weighted by Gasteiger charge is 2.08. The maximum atomic E-state index is 11.6. The van der Waals surface area contributed by atoms with Crippen molar-refractivity contribution in [3.63, 3.8) is 0 Å². The van der Waals surface area contributed by atoms with Crippen molar-refractivity contribution in [3.05, 3.63) is 46.0 Å². The third-order valence-electron chi connectivity index (χ3n) is 1.97. The highest BCUT2D eigenvalue weighted by atomic mass is 32.1. The number of carbonyl (C=O) groups excluding carboxylic acids is 1. The Balaban J connectivity index is 1.93. The van der Waals surface area contributed by atoms with Gasteiger partial charge in [-0.25, -0.2) is 0 Å². The number of carbonyl (C=O) groups is 1. The van der Waals surface area contributed by atoms with E-state index in [0.717, 1.165) is 10.6 Å². The minimum Gasteiger partial charge on any atom is -0.456 e. The van der Waals surface area contributed by atoms with Crippen molar-refractivity contribution in [2.24, 2.45) is 0 Å². The highest BCUT2D eigenvalue weighted by molar-refractivity contribution is 7.09. The van der Waals surface area contributed by atoms with Crippen LogP contribution in [-0.4, -0.2) is 5.91 Å². The van der Waals surface area contributed by atoms with Gasteiger partial charge in [0.1, 0.15) is 5.76 Å². The summed E-state index contributed by atoms with van der Waals surface area (Å²) in [6.45, 7) is 2.37. The molecular weight excluding hydrogens is 210 g/mol. The SMILES string of the molecule is Cc1ccc(C(=O)NCc2cccs2)o1. The maximum absolute atomic E-state index is 11.6. The fourth-order valence-electron chi connectivity index (χ4n) is 1.22. The van der Waals surface area contributed by atoms with E-state index in [2.05, 4.69) is 5.32 Å². The maximum Gasteiger partial charge on any atom is 0.287 e. The molecule has 0 saturated carbocycles. The van der Waals surface area contributed by atoms with Gasteiger partial charge in [0.25, 0.3) is 5.91 Å². The Morgan fingerprint density at radius 3 is 2.93 bits per heavy atom. The van der Waals surface area contributed by atoms with E-state index in [1.54, 1.807) is 23.5 Å². The molecule has 0 saturated heterocycles. The molecule has 2 aromatic heterocycles. The van der Waals surface area contributed by atoms with Gasteiger partial charge in [0, 0.05) is 4.88 Å². The standard InChI is InChI=1S/C11H11NO2S/c1-8-4-5-10(14-8)11(13)12-7-9-3-2-6-15-9/h2-6H,7H2,1H3,(H,12,13). The summed E-state index contributed by atoms with van der Waals surface area (Å²) in [5.41, 5.74) is 0. The van der Waals surface area contributed by atoms with Crippen molar-refractivity contribution in [2.45, 2.75) is 13.5 Å². The fraction of sp³-hybridized carbons (Fsp3) is 0.182. The van der Waals surface area contributed by atoms with E-state index in [9.17, 15) is 4.79 Å². The van der Waals surface area contributed by atoms with Crippen LogP contribution >= 0.6 is 11.3 Å². The zero-order valence-corrected chi connectivity index (χ0v) is 9.14. The Kier molecular flexibility index (Phi) is 2.87. The smallest absolute Gasteiger partial charge is 0.287 e. The van der Waals surface area contributed by atoms with Gasteiger partial charge in [0.15, 0.2) is 5.76 Å². The molecule has 1 N–H and O–H groups in total. The third kappa shape index (κ3) is 2.47. The van der Waals surface area contributed by atoms with Crippen LogP contribution in [0.4, 0.5) is 0 Å². The predicted molar refractivity (Wildman–Crippen MR) is 58.9 cm³/mol. The lowest BCUT2D eigenvalue weighted by molar-refractivity contribution is 0.0922. The van der Waals surface area contributed by atoms with Gasteiger partial charge in [-0.3, -0.25) is 4.79 Å². The van der Waals surface area contributed by atoms with Gasteiger partial charge in [0.2, 0.25) is 0 Å². The Morgan fingerprint density at radius 2 is 2.33 bits per heavy atom. The lowest BCUT2D eigenvalue weighted by atomic mass is 10.4. The van der Waals surface area contributed by atoms with E-state index in [-0.39, 0.29) is 5.91 Å². The molecule has 78 valence electrons. The number of amides is 1. The van der Waals surface area contributed by atoms with Crippen LogP contribution in [0.25, 0.3) is 0 Å². The second-order valence-electron chi connectivity index (χ2n) is 3.17. The van der Waals surface area contributed by atoms with E-state index in [1.165, 1.54) is 0 Å². The summed E-state index contributed by atoms with van der Waals surface area (Å²) in [7, 11) is 0. The van der Waals surface area contributed by atoms with Crippen LogP contribution in [0.1, 0.15) is 21.2 Å². The minimum atomic E-state index is -0.170. The Morgan fingerprint density at radius 1 is 1.47 bits per heavy atom. The summed E-state index contributed by atoms with van der Waals surface area (Å²) in [5, 5.41) is 4.78. The normalized spacial score (nSPS) is 10.2. The second kappa shape index (κ2) is 4.31.